The van der Waals surface area contributed by atoms with Crippen LogP contribution in [0.5, 0.6) is 0 Å². The van der Waals surface area contributed by atoms with Crippen LogP contribution in [0, 0.1) is 5.92 Å². The predicted molar refractivity (Wildman–Crippen MR) is 81.5 cm³/mol. The lowest BCUT2D eigenvalue weighted by Crippen LogP contribution is -2.47. The van der Waals surface area contributed by atoms with Gasteiger partial charge in [-0.15, -0.1) is 0 Å². The second kappa shape index (κ2) is 7.29. The molecule has 1 aromatic rings. The van der Waals surface area contributed by atoms with E-state index in [-0.39, 0.29) is 18.6 Å². The lowest BCUT2D eigenvalue weighted by atomic mass is 9.96. The van der Waals surface area contributed by atoms with Gasteiger partial charge in [0.15, 0.2) is 0 Å². The zero-order valence-corrected chi connectivity index (χ0v) is 12.8. The van der Waals surface area contributed by atoms with Gasteiger partial charge in [-0.25, -0.2) is 4.79 Å². The standard InChI is InChI=1S/C16H26N2O2/c1-5-12(2)13(3)18-15(19)17-11-16(4,20)14-9-7-6-8-10-14/h6-10,12-13,20H,5,11H2,1-4H3,(H2,17,18,19). The van der Waals surface area contributed by atoms with Crippen molar-refractivity contribution >= 4 is 6.03 Å². The molecule has 0 fully saturated rings. The first-order valence-corrected chi connectivity index (χ1v) is 7.19. The average Bonchev–Trinajstić information content (AvgIpc) is 2.45. The second-order valence-electron chi connectivity index (χ2n) is 5.64. The van der Waals surface area contributed by atoms with Crippen LogP contribution in [0.2, 0.25) is 0 Å². The van der Waals surface area contributed by atoms with E-state index in [1.54, 1.807) is 6.92 Å². The highest BCUT2D eigenvalue weighted by molar-refractivity contribution is 5.74. The van der Waals surface area contributed by atoms with Gasteiger partial charge in [-0.05, 0) is 25.3 Å². The maximum Gasteiger partial charge on any atom is 0.315 e. The number of carbonyl (C=O) groups excluding carboxylic acids is 1. The molecule has 1 rings (SSSR count). The smallest absolute Gasteiger partial charge is 0.315 e. The van der Waals surface area contributed by atoms with Gasteiger partial charge in [0, 0.05) is 6.04 Å². The first-order valence-electron chi connectivity index (χ1n) is 7.19. The van der Waals surface area contributed by atoms with Crippen LogP contribution in [-0.2, 0) is 5.60 Å². The first kappa shape index (κ1) is 16.5. The number of urea groups is 1. The highest BCUT2D eigenvalue weighted by atomic mass is 16.3. The van der Waals surface area contributed by atoms with Gasteiger partial charge in [-0.2, -0.15) is 0 Å². The molecule has 0 aliphatic carbocycles. The van der Waals surface area contributed by atoms with Gasteiger partial charge in [-0.3, -0.25) is 0 Å². The summed E-state index contributed by atoms with van der Waals surface area (Å²) in [6.07, 6.45) is 1.02. The number of aliphatic hydroxyl groups is 1. The van der Waals surface area contributed by atoms with Crippen molar-refractivity contribution < 1.29 is 9.90 Å². The molecule has 0 aromatic heterocycles. The number of nitrogens with one attached hydrogen (secondary N) is 2. The molecule has 3 N–H and O–H groups in total. The van der Waals surface area contributed by atoms with Gasteiger partial charge in [0.05, 0.1) is 6.54 Å². The number of amides is 2. The van der Waals surface area contributed by atoms with Crippen molar-refractivity contribution in [3.63, 3.8) is 0 Å². The summed E-state index contributed by atoms with van der Waals surface area (Å²) in [4.78, 5) is 11.8. The lowest BCUT2D eigenvalue weighted by Gasteiger charge is -2.26. The lowest BCUT2D eigenvalue weighted by molar-refractivity contribution is 0.0592. The minimum absolute atomic E-state index is 0.113. The van der Waals surface area contributed by atoms with E-state index >= 15 is 0 Å². The van der Waals surface area contributed by atoms with Crippen LogP contribution in [-0.4, -0.2) is 23.7 Å². The molecule has 3 atom stereocenters. The van der Waals surface area contributed by atoms with Gasteiger partial charge in [0.2, 0.25) is 0 Å². The Labute approximate surface area is 121 Å². The first-order chi connectivity index (χ1) is 9.36. The molecule has 0 saturated carbocycles. The van der Waals surface area contributed by atoms with Gasteiger partial charge in [0.25, 0.3) is 0 Å². The third-order valence-corrected chi connectivity index (χ3v) is 3.85. The van der Waals surface area contributed by atoms with E-state index in [1.807, 2.05) is 37.3 Å². The minimum Gasteiger partial charge on any atom is -0.384 e. The Bertz CT molecular complexity index is 418. The fraction of sp³-hybridized carbons (Fsp3) is 0.562. The van der Waals surface area contributed by atoms with Gasteiger partial charge >= 0.3 is 6.03 Å². The van der Waals surface area contributed by atoms with Gasteiger partial charge in [0.1, 0.15) is 5.60 Å². The molecule has 112 valence electrons. The number of hydrogen-bond donors (Lipinski definition) is 3. The molecule has 4 nitrogen and oxygen atoms in total. The fourth-order valence-corrected chi connectivity index (χ4v) is 1.91. The minimum atomic E-state index is -1.07. The van der Waals surface area contributed by atoms with E-state index in [9.17, 15) is 9.90 Å². The molecule has 1 aromatic carbocycles. The summed E-state index contributed by atoms with van der Waals surface area (Å²) in [6.45, 7) is 8.06. The summed E-state index contributed by atoms with van der Waals surface area (Å²) in [7, 11) is 0. The third-order valence-electron chi connectivity index (χ3n) is 3.85. The monoisotopic (exact) mass is 278 g/mol. The Balaban J connectivity index is 2.48. The Hall–Kier alpha value is -1.55. The van der Waals surface area contributed by atoms with Crippen LogP contribution in [0.25, 0.3) is 0 Å². The second-order valence-corrected chi connectivity index (χ2v) is 5.64. The van der Waals surface area contributed by atoms with Crippen molar-refractivity contribution in [3.05, 3.63) is 35.9 Å². The van der Waals surface area contributed by atoms with Crippen LogP contribution in [0.1, 0.15) is 39.7 Å². The Morgan fingerprint density at radius 3 is 2.45 bits per heavy atom. The van der Waals surface area contributed by atoms with E-state index in [1.165, 1.54) is 0 Å². The number of rotatable bonds is 6. The van der Waals surface area contributed by atoms with Gasteiger partial charge < -0.3 is 15.7 Å². The summed E-state index contributed by atoms with van der Waals surface area (Å²) in [5, 5.41) is 16.0. The van der Waals surface area contributed by atoms with Crippen molar-refractivity contribution in [2.24, 2.45) is 5.92 Å². The highest BCUT2D eigenvalue weighted by Crippen LogP contribution is 2.18. The topological polar surface area (TPSA) is 61.4 Å². The van der Waals surface area contributed by atoms with Gasteiger partial charge in [-0.1, -0.05) is 50.6 Å². The summed E-state index contributed by atoms with van der Waals surface area (Å²) in [5.74, 6) is 0.426. The number of hydrogen-bond acceptors (Lipinski definition) is 2. The molecule has 0 spiro atoms. The zero-order chi connectivity index (χ0) is 15.2. The molecule has 4 heteroatoms. The number of carbonyl (C=O) groups is 1. The SMILES string of the molecule is CCC(C)C(C)NC(=O)NCC(C)(O)c1ccccc1. The molecule has 0 saturated heterocycles. The Kier molecular flexibility index (Phi) is 6.02. The molecule has 0 heterocycles. The van der Waals surface area contributed by atoms with Crippen LogP contribution >= 0.6 is 0 Å². The summed E-state index contributed by atoms with van der Waals surface area (Å²) >= 11 is 0. The van der Waals surface area contributed by atoms with Crippen LogP contribution in [0.3, 0.4) is 0 Å². The van der Waals surface area contributed by atoms with Crippen molar-refractivity contribution in [1.82, 2.24) is 10.6 Å². The Morgan fingerprint density at radius 2 is 1.90 bits per heavy atom. The largest absolute Gasteiger partial charge is 0.384 e. The maximum atomic E-state index is 11.8. The zero-order valence-electron chi connectivity index (χ0n) is 12.8. The highest BCUT2D eigenvalue weighted by Gasteiger charge is 2.24. The third kappa shape index (κ3) is 4.85. The molecule has 2 amide bonds. The van der Waals surface area contributed by atoms with E-state index < -0.39 is 5.60 Å². The van der Waals surface area contributed by atoms with Crippen LogP contribution in [0.15, 0.2) is 30.3 Å². The van der Waals surface area contributed by atoms with Crippen molar-refractivity contribution in [3.8, 4) is 0 Å². The van der Waals surface area contributed by atoms with Crippen molar-refractivity contribution in [2.45, 2.75) is 45.8 Å². The molecule has 3 unspecified atom stereocenters. The van der Waals surface area contributed by atoms with Crippen molar-refractivity contribution in [1.29, 1.82) is 0 Å². The maximum absolute atomic E-state index is 11.8. The van der Waals surface area contributed by atoms with E-state index in [4.69, 9.17) is 0 Å². The average molecular weight is 278 g/mol. The molecule has 0 aliphatic heterocycles. The molecular weight excluding hydrogens is 252 g/mol. The van der Waals surface area contributed by atoms with E-state index in [2.05, 4.69) is 24.5 Å². The summed E-state index contributed by atoms with van der Waals surface area (Å²) in [6, 6.07) is 9.20. The Morgan fingerprint density at radius 1 is 1.30 bits per heavy atom. The molecule has 0 radical (unpaired) electrons. The summed E-state index contributed by atoms with van der Waals surface area (Å²) < 4.78 is 0. The molecule has 0 bridgehead atoms. The van der Waals surface area contributed by atoms with Crippen LogP contribution in [0.4, 0.5) is 4.79 Å². The van der Waals surface area contributed by atoms with E-state index in [0.717, 1.165) is 12.0 Å². The summed E-state index contributed by atoms with van der Waals surface area (Å²) in [5.41, 5.74) is -0.284. The van der Waals surface area contributed by atoms with Crippen LogP contribution < -0.4 is 10.6 Å². The predicted octanol–water partition coefficient (Wildman–Crippen LogP) is 2.63. The molecule has 0 aliphatic rings. The molecule has 20 heavy (non-hydrogen) atoms. The van der Waals surface area contributed by atoms with Crippen molar-refractivity contribution in [2.75, 3.05) is 6.54 Å². The van der Waals surface area contributed by atoms with E-state index in [0.29, 0.717) is 5.92 Å². The normalized spacial score (nSPS) is 16.9. The fourth-order valence-electron chi connectivity index (χ4n) is 1.91. The molecular formula is C16H26N2O2. The quantitative estimate of drug-likeness (QED) is 0.749. The number of benzene rings is 1.